The van der Waals surface area contributed by atoms with E-state index in [-0.39, 0.29) is 0 Å². The summed E-state index contributed by atoms with van der Waals surface area (Å²) in [6.07, 6.45) is 0. The third-order valence-corrected chi connectivity index (χ3v) is 6.32. The van der Waals surface area contributed by atoms with Crippen molar-refractivity contribution in [2.24, 2.45) is 0 Å². The molecule has 0 saturated heterocycles. The summed E-state index contributed by atoms with van der Waals surface area (Å²) in [6.45, 7) is 11.4. The molecular weight excluding hydrogens is 381 g/mol. The molecule has 3 heterocycles. The molecule has 1 aliphatic rings. The SMILES string of the molecule is CC1=[N+]N([BH-](n2nc(C)c(Cl)c2C)n2nc(C)c(Cl)c2C)C(C)=C1Cl. The third-order valence-electron chi connectivity index (χ3n) is 4.68. The zero-order valence-corrected chi connectivity index (χ0v) is 17.3. The van der Waals surface area contributed by atoms with Crippen LogP contribution in [0.1, 0.15) is 36.6 Å². The fourth-order valence-electron chi connectivity index (χ4n) is 3.23. The van der Waals surface area contributed by atoms with Crippen LogP contribution >= 0.6 is 34.8 Å². The fraction of sp³-hybridized carbons (Fsp3) is 0.400. The quantitative estimate of drug-likeness (QED) is 0.744. The molecule has 133 valence electrons. The molecule has 0 N–H and O–H groups in total. The summed E-state index contributed by atoms with van der Waals surface area (Å²) in [6, 6.07) is 0. The number of allylic oxidation sites excluding steroid dienone is 2. The second-order valence-corrected chi connectivity index (χ2v) is 7.51. The number of rotatable bonds is 3. The number of hydrogen-bond acceptors (Lipinski definition) is 4. The van der Waals surface area contributed by atoms with Gasteiger partial charge in [-0.15, -0.1) is 0 Å². The van der Waals surface area contributed by atoms with E-state index in [0.717, 1.165) is 34.2 Å². The van der Waals surface area contributed by atoms with E-state index in [9.17, 15) is 0 Å². The molecule has 2 aromatic heterocycles. The Morgan fingerprint density at radius 1 is 0.800 bits per heavy atom. The highest BCUT2D eigenvalue weighted by molar-refractivity contribution is 6.54. The van der Waals surface area contributed by atoms with E-state index in [2.05, 4.69) is 15.3 Å². The molecule has 0 amide bonds. The van der Waals surface area contributed by atoms with Crippen molar-refractivity contribution in [3.05, 3.63) is 43.6 Å². The Bertz CT molecular complexity index is 874. The predicted octanol–water partition coefficient (Wildman–Crippen LogP) is 3.23. The number of hydrazone groups is 1. The van der Waals surface area contributed by atoms with Crippen LogP contribution in [-0.4, -0.2) is 37.1 Å². The van der Waals surface area contributed by atoms with Crippen LogP contribution in [0.2, 0.25) is 10.0 Å². The lowest BCUT2D eigenvalue weighted by Crippen LogP contribution is -2.52. The third kappa shape index (κ3) is 2.78. The Balaban J connectivity index is 2.26. The maximum atomic E-state index is 6.39. The zero-order chi connectivity index (χ0) is 18.6. The lowest BCUT2D eigenvalue weighted by molar-refractivity contribution is 0.478. The summed E-state index contributed by atoms with van der Waals surface area (Å²) in [5.41, 5.74) is 4.84. The average molecular weight is 401 g/mol. The monoisotopic (exact) mass is 399 g/mol. The maximum absolute atomic E-state index is 6.39. The number of nitrogens with zero attached hydrogens (tertiary/aromatic N) is 6. The van der Waals surface area contributed by atoms with E-state index in [1.807, 2.05) is 55.6 Å². The van der Waals surface area contributed by atoms with E-state index >= 15 is 0 Å². The van der Waals surface area contributed by atoms with E-state index in [1.165, 1.54) is 0 Å². The van der Waals surface area contributed by atoms with Gasteiger partial charge in [-0.3, -0.25) is 0 Å². The first-order valence-corrected chi connectivity index (χ1v) is 9.09. The normalized spacial score (nSPS) is 15.0. The number of aromatic nitrogens is 4. The summed E-state index contributed by atoms with van der Waals surface area (Å²) in [5, 5.41) is 15.8. The molecule has 6 nitrogen and oxygen atoms in total. The minimum absolute atomic E-state index is 0.637. The van der Waals surface area contributed by atoms with Gasteiger partial charge in [-0.2, -0.15) is 0 Å². The van der Waals surface area contributed by atoms with Crippen LogP contribution in [0.25, 0.3) is 0 Å². The Morgan fingerprint density at radius 2 is 1.24 bits per heavy atom. The Labute approximate surface area is 162 Å². The average Bonchev–Trinajstić information content (AvgIpc) is 3.08. The second kappa shape index (κ2) is 6.38. The van der Waals surface area contributed by atoms with E-state index < -0.39 is 7.12 Å². The molecule has 1 aliphatic heterocycles. The van der Waals surface area contributed by atoms with Gasteiger partial charge in [0.25, 0.3) is 5.71 Å². The van der Waals surface area contributed by atoms with Crippen molar-refractivity contribution in [1.29, 1.82) is 0 Å². The van der Waals surface area contributed by atoms with Gasteiger partial charge in [0, 0.05) is 18.3 Å². The van der Waals surface area contributed by atoms with Crippen LogP contribution < -0.4 is 5.10 Å². The first kappa shape index (κ1) is 18.4. The van der Waals surface area contributed by atoms with Gasteiger partial charge in [-0.25, -0.2) is 15.1 Å². The van der Waals surface area contributed by atoms with Crippen LogP contribution in [-0.2, 0) is 0 Å². The minimum atomic E-state index is -1.57. The van der Waals surface area contributed by atoms with Gasteiger partial charge in [0.2, 0.25) is 0 Å². The molecule has 0 aliphatic carbocycles. The summed E-state index contributed by atoms with van der Waals surface area (Å²) in [7, 11) is -1.57. The van der Waals surface area contributed by atoms with Gasteiger partial charge in [0.1, 0.15) is 10.1 Å². The maximum Gasteiger partial charge on any atom is 0.375 e. The molecule has 0 spiro atoms. The Morgan fingerprint density at radius 3 is 1.52 bits per heavy atom. The molecule has 0 bridgehead atoms. The van der Waals surface area contributed by atoms with Gasteiger partial charge in [0.05, 0.1) is 27.1 Å². The molecule has 0 saturated carbocycles. The summed E-state index contributed by atoms with van der Waals surface area (Å²) < 4.78 is 3.76. The van der Waals surface area contributed by atoms with Crippen LogP contribution in [0.15, 0.2) is 10.7 Å². The number of aryl methyl sites for hydroxylation is 2. The molecule has 25 heavy (non-hydrogen) atoms. The van der Waals surface area contributed by atoms with Gasteiger partial charge >= 0.3 is 7.12 Å². The molecule has 0 aromatic carbocycles. The molecule has 3 rings (SSSR count). The highest BCUT2D eigenvalue weighted by Crippen LogP contribution is 2.27. The minimum Gasteiger partial charge on any atom is -0.396 e. The van der Waals surface area contributed by atoms with Crippen molar-refractivity contribution in [1.82, 2.24) is 29.4 Å². The lowest BCUT2D eigenvalue weighted by Gasteiger charge is -2.30. The van der Waals surface area contributed by atoms with E-state index in [4.69, 9.17) is 34.8 Å². The van der Waals surface area contributed by atoms with Crippen LogP contribution in [0.4, 0.5) is 0 Å². The summed E-state index contributed by atoms with van der Waals surface area (Å²) in [4.78, 5) is 1.88. The Hall–Kier alpha value is -1.44. The molecular formula is C15H19BCl3N6. The van der Waals surface area contributed by atoms with Crippen LogP contribution in [0.5, 0.6) is 0 Å². The van der Waals surface area contributed by atoms with Crippen LogP contribution in [0, 0.1) is 27.7 Å². The fourth-order valence-corrected chi connectivity index (χ4v) is 3.64. The van der Waals surface area contributed by atoms with Crippen molar-refractivity contribution in [3.63, 3.8) is 0 Å². The molecule has 0 fully saturated rings. The van der Waals surface area contributed by atoms with Gasteiger partial charge in [-0.1, -0.05) is 34.8 Å². The van der Waals surface area contributed by atoms with Crippen molar-refractivity contribution < 1.29 is 0 Å². The first-order valence-electron chi connectivity index (χ1n) is 7.96. The topological polar surface area (TPSA) is 53.0 Å². The molecule has 0 unspecified atom stereocenters. The van der Waals surface area contributed by atoms with E-state index in [0.29, 0.717) is 15.1 Å². The van der Waals surface area contributed by atoms with Crippen LogP contribution in [0.3, 0.4) is 0 Å². The largest absolute Gasteiger partial charge is 0.396 e. The highest BCUT2D eigenvalue weighted by atomic mass is 35.5. The van der Waals surface area contributed by atoms with Crippen molar-refractivity contribution in [3.8, 4) is 0 Å². The predicted molar refractivity (Wildman–Crippen MR) is 105 cm³/mol. The smallest absolute Gasteiger partial charge is 0.375 e. The standard InChI is InChI=1S/C15H19BCl3N6/c1-7-13(17)10(4)23(20-7)16(24-11(5)14(18)8(2)21-24)25-12(6)15(19)9(3)22-25/h16H,1-6H3. The summed E-state index contributed by atoms with van der Waals surface area (Å²) in [5.74, 6) is 0. The first-order chi connectivity index (χ1) is 11.6. The molecule has 10 heteroatoms. The summed E-state index contributed by atoms with van der Waals surface area (Å²) >= 11 is 19.2. The second-order valence-electron chi connectivity index (χ2n) is 6.38. The molecule has 1 radical (unpaired) electrons. The van der Waals surface area contributed by atoms with Crippen molar-refractivity contribution in [2.45, 2.75) is 41.5 Å². The lowest BCUT2D eigenvalue weighted by atomic mass is 9.91. The zero-order valence-electron chi connectivity index (χ0n) is 15.0. The molecule has 0 atom stereocenters. The number of hydrogen-bond donors (Lipinski definition) is 0. The van der Waals surface area contributed by atoms with E-state index in [1.54, 1.807) is 0 Å². The van der Waals surface area contributed by atoms with Gasteiger partial charge in [-0.05, 0) is 34.6 Å². The molecule has 2 aromatic rings. The van der Waals surface area contributed by atoms with Gasteiger partial charge in [0.15, 0.2) is 0 Å². The Kier molecular flexibility index (Phi) is 4.68. The number of halogens is 3. The highest BCUT2D eigenvalue weighted by Gasteiger charge is 2.37. The van der Waals surface area contributed by atoms with Crippen molar-refractivity contribution in [2.75, 3.05) is 0 Å². The van der Waals surface area contributed by atoms with Gasteiger partial charge < -0.3 is 9.19 Å². The van der Waals surface area contributed by atoms with Crippen molar-refractivity contribution >= 4 is 47.6 Å².